The van der Waals surface area contributed by atoms with Gasteiger partial charge in [-0.05, 0) is 37.3 Å². The summed E-state index contributed by atoms with van der Waals surface area (Å²) in [4.78, 5) is 24.3. The molecule has 0 fully saturated rings. The zero-order valence-corrected chi connectivity index (χ0v) is 15.2. The lowest BCUT2D eigenvalue weighted by molar-refractivity contribution is -0.140. The van der Waals surface area contributed by atoms with Crippen LogP contribution in [0, 0.1) is 5.92 Å². The van der Waals surface area contributed by atoms with E-state index in [2.05, 4.69) is 5.32 Å². The lowest BCUT2D eigenvalue weighted by Crippen LogP contribution is -2.41. The summed E-state index contributed by atoms with van der Waals surface area (Å²) in [6.07, 6.45) is 4.10. The molecule has 0 amide bonds. The molecule has 6 nitrogen and oxygen atoms in total. The molecule has 140 valence electrons. The number of aromatic hydroxyl groups is 1. The summed E-state index contributed by atoms with van der Waals surface area (Å²) in [6.45, 7) is 3.92. The van der Waals surface area contributed by atoms with Gasteiger partial charge in [-0.2, -0.15) is 0 Å². The Hall–Kier alpha value is -2.34. The maximum Gasteiger partial charge on any atom is 0.320 e. The van der Waals surface area contributed by atoms with Crippen molar-refractivity contribution in [1.82, 2.24) is 5.32 Å². The van der Waals surface area contributed by atoms with E-state index in [0.29, 0.717) is 35.1 Å². The van der Waals surface area contributed by atoms with Gasteiger partial charge in [-0.25, -0.2) is 0 Å². The molecule has 2 aromatic rings. The van der Waals surface area contributed by atoms with Gasteiger partial charge in [-0.15, -0.1) is 0 Å². The van der Waals surface area contributed by atoms with Gasteiger partial charge in [-0.1, -0.05) is 20.3 Å². The minimum absolute atomic E-state index is 0.00259. The molecule has 0 bridgehead atoms. The molecule has 0 spiro atoms. The van der Waals surface area contributed by atoms with E-state index < -0.39 is 12.0 Å². The van der Waals surface area contributed by atoms with Gasteiger partial charge in [0.1, 0.15) is 23.1 Å². The molecule has 3 rings (SSSR count). The number of benzene rings is 1. The van der Waals surface area contributed by atoms with Gasteiger partial charge in [0.05, 0.1) is 10.9 Å². The Morgan fingerprint density at radius 3 is 2.73 bits per heavy atom. The predicted octanol–water partition coefficient (Wildman–Crippen LogP) is 2.97. The van der Waals surface area contributed by atoms with Crippen LogP contribution in [0.4, 0.5) is 0 Å². The second-order valence-electron chi connectivity index (χ2n) is 7.06. The van der Waals surface area contributed by atoms with Gasteiger partial charge in [0.2, 0.25) is 0 Å². The van der Waals surface area contributed by atoms with Crippen molar-refractivity contribution in [2.45, 2.75) is 58.5 Å². The number of hydrogen-bond acceptors (Lipinski definition) is 5. The number of rotatable bonds is 6. The van der Waals surface area contributed by atoms with Crippen molar-refractivity contribution in [3.05, 3.63) is 39.2 Å². The molecule has 1 aromatic heterocycles. The molecule has 0 saturated heterocycles. The van der Waals surface area contributed by atoms with E-state index in [-0.39, 0.29) is 23.6 Å². The van der Waals surface area contributed by atoms with Crippen molar-refractivity contribution in [3.8, 4) is 5.75 Å². The highest BCUT2D eigenvalue weighted by atomic mass is 16.4. The fourth-order valence-electron chi connectivity index (χ4n) is 3.58. The molecule has 26 heavy (non-hydrogen) atoms. The monoisotopic (exact) mass is 359 g/mol. The molecule has 0 saturated carbocycles. The van der Waals surface area contributed by atoms with E-state index >= 15 is 0 Å². The van der Waals surface area contributed by atoms with Crippen molar-refractivity contribution in [2.75, 3.05) is 0 Å². The van der Waals surface area contributed by atoms with E-state index in [1.165, 1.54) is 6.07 Å². The Labute approximate surface area is 151 Å². The fraction of sp³-hybridized carbons (Fsp3) is 0.500. The van der Waals surface area contributed by atoms with E-state index in [1.54, 1.807) is 6.07 Å². The number of phenols is 1. The Balaban J connectivity index is 2.02. The molecule has 3 N–H and O–H groups in total. The summed E-state index contributed by atoms with van der Waals surface area (Å²) < 4.78 is 6.01. The van der Waals surface area contributed by atoms with Crippen LogP contribution in [0.1, 0.15) is 50.0 Å². The first kappa shape index (κ1) is 18.5. The first-order chi connectivity index (χ1) is 12.4. The SMILES string of the molecule is CCC(C)C(NCc1c(O)ccc2c(=O)c3c(oc12)CCCC3)C(=O)O. The van der Waals surface area contributed by atoms with Crippen LogP contribution in [0.2, 0.25) is 0 Å². The summed E-state index contributed by atoms with van der Waals surface area (Å²) in [5, 5.41) is 23.2. The average Bonchev–Trinajstić information content (AvgIpc) is 2.63. The number of aryl methyl sites for hydroxylation is 1. The second-order valence-corrected chi connectivity index (χ2v) is 7.06. The first-order valence-electron chi connectivity index (χ1n) is 9.19. The summed E-state index contributed by atoms with van der Waals surface area (Å²) in [6, 6.07) is 2.32. The van der Waals surface area contributed by atoms with Gasteiger partial charge >= 0.3 is 5.97 Å². The van der Waals surface area contributed by atoms with E-state index in [0.717, 1.165) is 24.8 Å². The topological polar surface area (TPSA) is 99.8 Å². The van der Waals surface area contributed by atoms with Crippen LogP contribution < -0.4 is 10.7 Å². The Bertz CT molecular complexity index is 886. The van der Waals surface area contributed by atoms with E-state index in [1.807, 2.05) is 13.8 Å². The Morgan fingerprint density at radius 1 is 1.31 bits per heavy atom. The lowest BCUT2D eigenvalue weighted by atomic mass is 9.95. The van der Waals surface area contributed by atoms with E-state index in [9.17, 15) is 19.8 Å². The third-order valence-electron chi connectivity index (χ3n) is 5.37. The number of carbonyl (C=O) groups is 1. The predicted molar refractivity (Wildman–Crippen MR) is 98.5 cm³/mol. The highest BCUT2D eigenvalue weighted by Crippen LogP contribution is 2.30. The molecule has 2 unspecified atom stereocenters. The van der Waals surface area contributed by atoms with Crippen LogP contribution in [0.25, 0.3) is 11.0 Å². The van der Waals surface area contributed by atoms with Gasteiger partial charge in [0, 0.05) is 18.5 Å². The quantitative estimate of drug-likeness (QED) is 0.733. The summed E-state index contributed by atoms with van der Waals surface area (Å²) in [5.74, 6) is -0.309. The Morgan fingerprint density at radius 2 is 2.04 bits per heavy atom. The van der Waals surface area contributed by atoms with Gasteiger partial charge in [0.25, 0.3) is 0 Å². The molecule has 1 aromatic carbocycles. The van der Waals surface area contributed by atoms with Crippen LogP contribution in [-0.2, 0) is 24.2 Å². The number of aliphatic carboxylic acids is 1. The molecule has 1 heterocycles. The van der Waals surface area contributed by atoms with Gasteiger partial charge in [0.15, 0.2) is 5.43 Å². The molecular formula is C20H25NO5. The number of phenolic OH excluding ortho intramolecular Hbond substituents is 1. The van der Waals surface area contributed by atoms with Crippen molar-refractivity contribution >= 4 is 16.9 Å². The molecule has 0 aliphatic heterocycles. The summed E-state index contributed by atoms with van der Waals surface area (Å²) >= 11 is 0. The zero-order valence-electron chi connectivity index (χ0n) is 15.2. The van der Waals surface area contributed by atoms with Crippen LogP contribution >= 0.6 is 0 Å². The molecule has 1 aliphatic rings. The number of hydrogen-bond donors (Lipinski definition) is 3. The smallest absolute Gasteiger partial charge is 0.320 e. The number of fused-ring (bicyclic) bond motifs is 2. The van der Waals surface area contributed by atoms with Crippen molar-refractivity contribution < 1.29 is 19.4 Å². The highest BCUT2D eigenvalue weighted by Gasteiger charge is 2.25. The van der Waals surface area contributed by atoms with Crippen molar-refractivity contribution in [3.63, 3.8) is 0 Å². The summed E-state index contributed by atoms with van der Waals surface area (Å²) in [7, 11) is 0. The van der Waals surface area contributed by atoms with E-state index in [4.69, 9.17) is 4.42 Å². The van der Waals surface area contributed by atoms with Crippen molar-refractivity contribution in [2.24, 2.45) is 5.92 Å². The highest BCUT2D eigenvalue weighted by molar-refractivity contribution is 5.83. The fourth-order valence-corrected chi connectivity index (χ4v) is 3.58. The normalized spacial score (nSPS) is 16.2. The number of carboxylic acid groups (broad SMARTS) is 1. The van der Waals surface area contributed by atoms with Gasteiger partial charge in [-0.3, -0.25) is 14.9 Å². The first-order valence-corrected chi connectivity index (χ1v) is 9.19. The molecule has 2 atom stereocenters. The van der Waals surface area contributed by atoms with Crippen LogP contribution in [-0.4, -0.2) is 22.2 Å². The zero-order chi connectivity index (χ0) is 18.8. The molecular weight excluding hydrogens is 334 g/mol. The third-order valence-corrected chi connectivity index (χ3v) is 5.37. The number of carboxylic acids is 1. The molecule has 0 radical (unpaired) electrons. The Kier molecular flexibility index (Phi) is 5.32. The maximum absolute atomic E-state index is 12.8. The maximum atomic E-state index is 12.8. The average molecular weight is 359 g/mol. The van der Waals surface area contributed by atoms with Crippen LogP contribution in [0.15, 0.2) is 21.3 Å². The standard InChI is InChI=1S/C20H25NO5/c1-3-11(2)17(20(24)25)21-10-14-15(22)9-8-13-18(23)12-6-4-5-7-16(12)26-19(13)14/h8-9,11,17,21-22H,3-7,10H2,1-2H3,(H,24,25). The second kappa shape index (κ2) is 7.50. The van der Waals surface area contributed by atoms with Crippen LogP contribution in [0.3, 0.4) is 0 Å². The summed E-state index contributed by atoms with van der Waals surface area (Å²) in [5.41, 5.74) is 1.48. The minimum atomic E-state index is -0.932. The third kappa shape index (κ3) is 3.33. The lowest BCUT2D eigenvalue weighted by Gasteiger charge is -2.21. The van der Waals surface area contributed by atoms with Crippen molar-refractivity contribution in [1.29, 1.82) is 0 Å². The van der Waals surface area contributed by atoms with Gasteiger partial charge < -0.3 is 14.6 Å². The largest absolute Gasteiger partial charge is 0.507 e. The molecule has 1 aliphatic carbocycles. The minimum Gasteiger partial charge on any atom is -0.507 e. The number of nitrogens with one attached hydrogen (secondary N) is 1. The molecule has 6 heteroatoms. The van der Waals surface area contributed by atoms with Crippen LogP contribution in [0.5, 0.6) is 5.75 Å².